The van der Waals surface area contributed by atoms with Crippen LogP contribution in [0.2, 0.25) is 0 Å². The second kappa shape index (κ2) is 10.8. The van der Waals surface area contributed by atoms with Crippen LogP contribution in [0.3, 0.4) is 0 Å². The number of ether oxygens (including phenoxy) is 1. The zero-order valence-electron chi connectivity index (χ0n) is 18.6. The van der Waals surface area contributed by atoms with E-state index in [4.69, 9.17) is 4.74 Å². The van der Waals surface area contributed by atoms with Gasteiger partial charge in [0.15, 0.2) is 11.0 Å². The Balaban J connectivity index is 1.58. The Morgan fingerprint density at radius 2 is 1.75 bits per heavy atom. The van der Waals surface area contributed by atoms with E-state index in [2.05, 4.69) is 20.8 Å². The van der Waals surface area contributed by atoms with Crippen molar-refractivity contribution in [2.45, 2.75) is 39.0 Å². The molecule has 2 amide bonds. The topological polar surface area (TPSA) is 98.1 Å². The molecule has 0 spiro atoms. The van der Waals surface area contributed by atoms with Crippen LogP contribution < -0.4 is 15.4 Å². The number of aryl methyl sites for hydroxylation is 2. The molecule has 0 fully saturated rings. The molecule has 3 rings (SSSR count). The number of amides is 2. The third kappa shape index (κ3) is 5.67. The lowest BCUT2D eigenvalue weighted by Gasteiger charge is -2.11. The molecule has 3 aromatic rings. The predicted molar refractivity (Wildman–Crippen MR) is 125 cm³/mol. The molecule has 0 unspecified atom stereocenters. The molecule has 168 valence electrons. The first-order valence-electron chi connectivity index (χ1n) is 10.3. The van der Waals surface area contributed by atoms with Crippen molar-refractivity contribution in [3.63, 3.8) is 0 Å². The van der Waals surface area contributed by atoms with Gasteiger partial charge in [-0.15, -0.1) is 10.2 Å². The average molecular weight is 454 g/mol. The number of benzene rings is 2. The fourth-order valence-corrected chi connectivity index (χ4v) is 4.02. The maximum absolute atomic E-state index is 12.5. The van der Waals surface area contributed by atoms with Gasteiger partial charge in [0.05, 0.1) is 19.4 Å². The first kappa shape index (κ1) is 23.3. The van der Waals surface area contributed by atoms with Crippen molar-refractivity contribution in [2.75, 3.05) is 18.2 Å². The first-order valence-corrected chi connectivity index (χ1v) is 11.2. The van der Waals surface area contributed by atoms with E-state index in [1.807, 2.05) is 43.5 Å². The standard InChI is InChI=1S/C23H27N5O3S/c1-5-28-19(13-24-22(30)17-9-11-18(31-4)12-10-17)26-27-23(28)32-14-20(29)25-21-15(2)7-6-8-16(21)3/h6-12H,5,13-14H2,1-4H3,(H,24,30)(H,25,29). The Hall–Kier alpha value is -3.33. The lowest BCUT2D eigenvalue weighted by atomic mass is 10.1. The van der Waals surface area contributed by atoms with Crippen molar-refractivity contribution in [2.24, 2.45) is 0 Å². The maximum Gasteiger partial charge on any atom is 0.251 e. The molecular formula is C23H27N5O3S. The van der Waals surface area contributed by atoms with Crippen molar-refractivity contribution in [1.29, 1.82) is 0 Å². The smallest absolute Gasteiger partial charge is 0.251 e. The number of nitrogens with zero attached hydrogens (tertiary/aromatic N) is 3. The number of carbonyl (C=O) groups excluding carboxylic acids is 2. The van der Waals surface area contributed by atoms with Gasteiger partial charge in [-0.05, 0) is 56.2 Å². The summed E-state index contributed by atoms with van der Waals surface area (Å²) in [5.74, 6) is 1.22. The Morgan fingerprint density at radius 1 is 1.06 bits per heavy atom. The summed E-state index contributed by atoms with van der Waals surface area (Å²) >= 11 is 1.32. The van der Waals surface area contributed by atoms with Crippen LogP contribution in [0.15, 0.2) is 47.6 Å². The molecule has 2 aromatic carbocycles. The van der Waals surface area contributed by atoms with Crippen molar-refractivity contribution < 1.29 is 14.3 Å². The number of nitrogens with one attached hydrogen (secondary N) is 2. The third-order valence-electron chi connectivity index (χ3n) is 4.95. The van der Waals surface area contributed by atoms with Crippen LogP contribution >= 0.6 is 11.8 Å². The summed E-state index contributed by atoms with van der Waals surface area (Å²) in [6, 6.07) is 12.8. The van der Waals surface area contributed by atoms with Gasteiger partial charge < -0.3 is 19.9 Å². The quantitative estimate of drug-likeness (QED) is 0.481. The van der Waals surface area contributed by atoms with E-state index in [0.717, 1.165) is 16.8 Å². The molecule has 0 atom stereocenters. The molecule has 0 bridgehead atoms. The Kier molecular flexibility index (Phi) is 7.88. The lowest BCUT2D eigenvalue weighted by Crippen LogP contribution is -2.24. The number of para-hydroxylation sites is 1. The van der Waals surface area contributed by atoms with E-state index in [9.17, 15) is 9.59 Å². The highest BCUT2D eigenvalue weighted by atomic mass is 32.2. The highest BCUT2D eigenvalue weighted by Crippen LogP contribution is 2.21. The van der Waals surface area contributed by atoms with E-state index >= 15 is 0 Å². The van der Waals surface area contributed by atoms with Gasteiger partial charge in [-0.1, -0.05) is 30.0 Å². The van der Waals surface area contributed by atoms with Gasteiger partial charge in [-0.3, -0.25) is 9.59 Å². The normalized spacial score (nSPS) is 10.6. The molecule has 32 heavy (non-hydrogen) atoms. The minimum absolute atomic E-state index is 0.104. The van der Waals surface area contributed by atoms with Crippen molar-refractivity contribution in [3.8, 4) is 5.75 Å². The molecule has 1 heterocycles. The van der Waals surface area contributed by atoms with Crippen LogP contribution in [0.25, 0.3) is 0 Å². The number of hydrogen-bond donors (Lipinski definition) is 2. The maximum atomic E-state index is 12.5. The number of anilines is 1. The summed E-state index contributed by atoms with van der Waals surface area (Å²) in [7, 11) is 1.58. The second-order valence-electron chi connectivity index (χ2n) is 7.16. The predicted octanol–water partition coefficient (Wildman–Crippen LogP) is 3.58. The second-order valence-corrected chi connectivity index (χ2v) is 8.10. The van der Waals surface area contributed by atoms with E-state index in [0.29, 0.717) is 28.8 Å². The minimum atomic E-state index is -0.208. The lowest BCUT2D eigenvalue weighted by molar-refractivity contribution is -0.113. The molecular weight excluding hydrogens is 426 g/mol. The molecule has 0 aliphatic carbocycles. The van der Waals surface area contributed by atoms with Crippen molar-refractivity contribution >= 4 is 29.3 Å². The van der Waals surface area contributed by atoms with E-state index in [-0.39, 0.29) is 24.1 Å². The average Bonchev–Trinajstić information content (AvgIpc) is 3.20. The Bertz CT molecular complexity index is 1080. The molecule has 2 N–H and O–H groups in total. The van der Waals surface area contributed by atoms with Crippen LogP contribution in [-0.4, -0.2) is 39.4 Å². The fraction of sp³-hybridized carbons (Fsp3) is 0.304. The van der Waals surface area contributed by atoms with E-state index < -0.39 is 0 Å². The molecule has 0 saturated heterocycles. The van der Waals surface area contributed by atoms with E-state index in [1.54, 1.807) is 31.4 Å². The number of thioether (sulfide) groups is 1. The summed E-state index contributed by atoms with van der Waals surface area (Å²) in [5.41, 5.74) is 3.42. The Labute approximate surface area is 191 Å². The molecule has 0 saturated carbocycles. The van der Waals surface area contributed by atoms with Gasteiger partial charge in [0.2, 0.25) is 5.91 Å². The highest BCUT2D eigenvalue weighted by molar-refractivity contribution is 7.99. The minimum Gasteiger partial charge on any atom is -0.497 e. The molecule has 8 nitrogen and oxygen atoms in total. The van der Waals surface area contributed by atoms with Crippen molar-refractivity contribution in [1.82, 2.24) is 20.1 Å². The largest absolute Gasteiger partial charge is 0.497 e. The summed E-state index contributed by atoms with van der Waals surface area (Å²) < 4.78 is 7.01. The summed E-state index contributed by atoms with van der Waals surface area (Å²) in [6.45, 7) is 6.77. The van der Waals surface area contributed by atoms with Crippen LogP contribution in [0.5, 0.6) is 5.75 Å². The molecule has 0 aliphatic rings. The number of rotatable bonds is 9. The summed E-state index contributed by atoms with van der Waals surface area (Å²) in [4.78, 5) is 24.9. The molecule has 0 radical (unpaired) electrons. The third-order valence-corrected chi connectivity index (χ3v) is 5.91. The van der Waals surface area contributed by atoms with Gasteiger partial charge in [-0.25, -0.2) is 0 Å². The van der Waals surface area contributed by atoms with Gasteiger partial charge in [-0.2, -0.15) is 0 Å². The van der Waals surface area contributed by atoms with Crippen LogP contribution in [0.4, 0.5) is 5.69 Å². The SMILES string of the molecule is CCn1c(CNC(=O)c2ccc(OC)cc2)nnc1SCC(=O)Nc1c(C)cccc1C. The van der Waals surface area contributed by atoms with Crippen molar-refractivity contribution in [3.05, 3.63) is 65.0 Å². The van der Waals surface area contributed by atoms with Gasteiger partial charge in [0, 0.05) is 17.8 Å². The van der Waals surface area contributed by atoms with Crippen LogP contribution in [0, 0.1) is 13.8 Å². The van der Waals surface area contributed by atoms with Crippen LogP contribution in [-0.2, 0) is 17.9 Å². The van der Waals surface area contributed by atoms with Crippen LogP contribution in [0.1, 0.15) is 34.2 Å². The Morgan fingerprint density at radius 3 is 2.38 bits per heavy atom. The monoisotopic (exact) mass is 453 g/mol. The molecule has 0 aliphatic heterocycles. The molecule has 1 aromatic heterocycles. The van der Waals surface area contributed by atoms with Gasteiger partial charge in [0.25, 0.3) is 5.91 Å². The highest BCUT2D eigenvalue weighted by Gasteiger charge is 2.15. The number of methoxy groups -OCH3 is 1. The number of hydrogen-bond acceptors (Lipinski definition) is 6. The first-order chi connectivity index (χ1) is 15.4. The van der Waals surface area contributed by atoms with E-state index in [1.165, 1.54) is 11.8 Å². The number of carbonyl (C=O) groups is 2. The summed E-state index contributed by atoms with van der Waals surface area (Å²) in [5, 5.41) is 14.9. The fourth-order valence-electron chi connectivity index (χ4n) is 3.20. The molecule has 9 heteroatoms. The number of aromatic nitrogens is 3. The van der Waals surface area contributed by atoms with Gasteiger partial charge in [0.1, 0.15) is 5.75 Å². The zero-order chi connectivity index (χ0) is 23.1. The zero-order valence-corrected chi connectivity index (χ0v) is 19.5. The van der Waals surface area contributed by atoms with Gasteiger partial charge >= 0.3 is 0 Å². The summed E-state index contributed by atoms with van der Waals surface area (Å²) in [6.07, 6.45) is 0.